The van der Waals surface area contributed by atoms with Crippen LogP contribution in [-0.2, 0) is 9.59 Å². The molecule has 3 fully saturated rings. The second-order valence-corrected chi connectivity index (χ2v) is 7.13. The van der Waals surface area contributed by atoms with Crippen LogP contribution in [0.25, 0.3) is 0 Å². The largest absolute Gasteiger partial charge is 0.359 e. The van der Waals surface area contributed by atoms with E-state index < -0.39 is 17.5 Å². The lowest BCUT2D eigenvalue weighted by Gasteiger charge is -2.20. The fourth-order valence-electron chi connectivity index (χ4n) is 3.28. The molecule has 4 amide bonds. The maximum Gasteiger partial charge on any atom is 0.325 e. The lowest BCUT2D eigenvalue weighted by Crippen LogP contribution is -2.46. The number of carbonyl (C=O) groups excluding carboxylic acids is 3. The Balaban J connectivity index is 1.46. The second kappa shape index (κ2) is 5.06. The molecule has 0 aromatic carbocycles. The van der Waals surface area contributed by atoms with Crippen molar-refractivity contribution >= 4 is 23.5 Å². The molecule has 0 spiro atoms. The molecule has 2 saturated carbocycles. The van der Waals surface area contributed by atoms with Crippen LogP contribution in [0.2, 0.25) is 0 Å². The summed E-state index contributed by atoms with van der Waals surface area (Å²) >= 11 is 0. The highest BCUT2D eigenvalue weighted by Gasteiger charge is 2.56. The number of amides is 4. The van der Waals surface area contributed by atoms with Gasteiger partial charge in [-0.05, 0) is 45.4 Å². The Morgan fingerprint density at radius 1 is 1.38 bits per heavy atom. The molecule has 0 radical (unpaired) electrons. The zero-order valence-corrected chi connectivity index (χ0v) is 13.7. The summed E-state index contributed by atoms with van der Waals surface area (Å²) in [5.74, 6) is 0.405. The first kappa shape index (κ1) is 15.2. The average Bonchev–Trinajstić information content (AvgIpc) is 3.43. The molecule has 1 unspecified atom stereocenters. The summed E-state index contributed by atoms with van der Waals surface area (Å²) in [6, 6.07) is -0.506. The lowest BCUT2D eigenvalue weighted by molar-refractivity contribution is -0.134. The van der Waals surface area contributed by atoms with Crippen molar-refractivity contribution in [3.8, 4) is 0 Å². The zero-order valence-electron chi connectivity index (χ0n) is 13.7. The lowest BCUT2D eigenvalue weighted by atomic mass is 9.96. The Labute approximate surface area is 138 Å². The third-order valence-electron chi connectivity index (χ3n) is 5.10. The Bertz CT molecular complexity index is 734. The summed E-state index contributed by atoms with van der Waals surface area (Å²) < 4.78 is 5.28. The maximum atomic E-state index is 12.5. The predicted molar refractivity (Wildman–Crippen MR) is 83.2 cm³/mol. The third kappa shape index (κ3) is 2.37. The van der Waals surface area contributed by atoms with Gasteiger partial charge in [-0.15, -0.1) is 0 Å². The van der Waals surface area contributed by atoms with E-state index in [2.05, 4.69) is 15.8 Å². The van der Waals surface area contributed by atoms with Crippen LogP contribution in [0.15, 0.2) is 4.52 Å². The average molecular weight is 332 g/mol. The molecule has 2 N–H and O–H groups in total. The number of urea groups is 1. The smallest absolute Gasteiger partial charge is 0.325 e. The van der Waals surface area contributed by atoms with E-state index in [0.29, 0.717) is 23.1 Å². The van der Waals surface area contributed by atoms with Crippen molar-refractivity contribution in [3.05, 3.63) is 11.5 Å². The Morgan fingerprint density at radius 2 is 2.08 bits per heavy atom. The van der Waals surface area contributed by atoms with Crippen molar-refractivity contribution in [2.75, 3.05) is 11.9 Å². The Morgan fingerprint density at radius 3 is 2.71 bits per heavy atom. The van der Waals surface area contributed by atoms with Crippen LogP contribution in [0.5, 0.6) is 0 Å². The second-order valence-electron chi connectivity index (χ2n) is 7.13. The highest BCUT2D eigenvalue weighted by Crippen LogP contribution is 2.44. The van der Waals surface area contributed by atoms with E-state index in [1.807, 2.05) is 0 Å². The van der Waals surface area contributed by atoms with E-state index in [4.69, 9.17) is 4.52 Å². The van der Waals surface area contributed by atoms with E-state index in [1.165, 1.54) is 0 Å². The first-order valence-electron chi connectivity index (χ1n) is 8.30. The van der Waals surface area contributed by atoms with E-state index >= 15 is 0 Å². The van der Waals surface area contributed by atoms with Gasteiger partial charge in [0, 0.05) is 5.92 Å². The maximum absolute atomic E-state index is 12.5. The summed E-state index contributed by atoms with van der Waals surface area (Å²) in [5, 5.41) is 9.38. The molecule has 1 aromatic rings. The number of nitrogens with one attached hydrogen (secondary N) is 2. The number of hydrogen-bond acceptors (Lipinski definition) is 5. The summed E-state index contributed by atoms with van der Waals surface area (Å²) in [4.78, 5) is 38.0. The van der Waals surface area contributed by atoms with Gasteiger partial charge in [0.25, 0.3) is 5.91 Å². The van der Waals surface area contributed by atoms with E-state index in [1.54, 1.807) is 13.8 Å². The van der Waals surface area contributed by atoms with Crippen molar-refractivity contribution < 1.29 is 18.9 Å². The molecule has 0 bridgehead atoms. The first-order valence-corrected chi connectivity index (χ1v) is 8.30. The molecular weight excluding hydrogens is 312 g/mol. The van der Waals surface area contributed by atoms with E-state index in [9.17, 15) is 14.4 Å². The highest BCUT2D eigenvalue weighted by molar-refractivity contribution is 6.10. The minimum atomic E-state index is -0.871. The Kier molecular flexibility index (Phi) is 3.20. The van der Waals surface area contributed by atoms with Gasteiger partial charge in [-0.25, -0.2) is 4.79 Å². The fraction of sp³-hybridized carbons (Fsp3) is 0.625. The van der Waals surface area contributed by atoms with Crippen LogP contribution in [0.3, 0.4) is 0 Å². The number of imide groups is 1. The number of nitrogens with zero attached hydrogens (tertiary/aromatic N) is 2. The van der Waals surface area contributed by atoms with E-state index in [0.717, 1.165) is 30.6 Å². The molecule has 8 nitrogen and oxygen atoms in total. The van der Waals surface area contributed by atoms with Crippen molar-refractivity contribution in [1.82, 2.24) is 15.4 Å². The summed E-state index contributed by atoms with van der Waals surface area (Å²) in [5.41, 5.74) is 0.300. The van der Waals surface area contributed by atoms with Crippen LogP contribution in [0, 0.1) is 12.8 Å². The number of aromatic nitrogens is 1. The van der Waals surface area contributed by atoms with Crippen LogP contribution >= 0.6 is 0 Å². The van der Waals surface area contributed by atoms with Gasteiger partial charge >= 0.3 is 6.03 Å². The summed E-state index contributed by atoms with van der Waals surface area (Å²) in [7, 11) is 0. The van der Waals surface area contributed by atoms with Crippen LogP contribution < -0.4 is 10.6 Å². The molecule has 128 valence electrons. The number of hydrogen-bond donors (Lipinski definition) is 2. The minimum absolute atomic E-state index is 0.170. The van der Waals surface area contributed by atoms with Crippen molar-refractivity contribution in [2.24, 2.45) is 5.92 Å². The van der Waals surface area contributed by atoms with Gasteiger partial charge in [-0.2, -0.15) is 0 Å². The van der Waals surface area contributed by atoms with Crippen molar-refractivity contribution in [1.29, 1.82) is 0 Å². The third-order valence-corrected chi connectivity index (χ3v) is 5.10. The molecule has 1 aromatic heterocycles. The van der Waals surface area contributed by atoms with Crippen LogP contribution in [-0.4, -0.2) is 40.0 Å². The van der Waals surface area contributed by atoms with Gasteiger partial charge in [-0.1, -0.05) is 5.16 Å². The minimum Gasteiger partial charge on any atom is -0.359 e. The van der Waals surface area contributed by atoms with E-state index in [-0.39, 0.29) is 18.4 Å². The van der Waals surface area contributed by atoms with Gasteiger partial charge in [0.1, 0.15) is 23.5 Å². The number of anilines is 1. The topological polar surface area (TPSA) is 105 Å². The monoisotopic (exact) mass is 332 g/mol. The van der Waals surface area contributed by atoms with Gasteiger partial charge in [-0.3, -0.25) is 14.5 Å². The van der Waals surface area contributed by atoms with Crippen molar-refractivity contribution in [2.45, 2.75) is 51.0 Å². The highest BCUT2D eigenvalue weighted by atomic mass is 16.5. The zero-order chi connectivity index (χ0) is 17.1. The van der Waals surface area contributed by atoms with Crippen LogP contribution in [0.4, 0.5) is 10.5 Å². The van der Waals surface area contributed by atoms with Crippen molar-refractivity contribution in [3.63, 3.8) is 0 Å². The number of rotatable bonds is 5. The standard InChI is InChI=1S/C16H20N4O4/c1-8-12(13(24-19-8)9-3-4-9)17-11(21)7-20-14(22)16(2,10-5-6-10)18-15(20)23/h9-10H,3-7H2,1-2H3,(H,17,21)(H,18,23). The van der Waals surface area contributed by atoms with Gasteiger partial charge < -0.3 is 15.2 Å². The summed E-state index contributed by atoms with van der Waals surface area (Å²) in [6.07, 6.45) is 3.88. The Hall–Kier alpha value is -2.38. The molecule has 1 aliphatic heterocycles. The fourth-order valence-corrected chi connectivity index (χ4v) is 3.28. The predicted octanol–water partition coefficient (Wildman–Crippen LogP) is 1.52. The molecule has 2 aliphatic carbocycles. The van der Waals surface area contributed by atoms with Crippen LogP contribution in [0.1, 0.15) is 50.0 Å². The molecule has 2 heterocycles. The van der Waals surface area contributed by atoms with Gasteiger partial charge in [0.05, 0.1) is 0 Å². The quantitative estimate of drug-likeness (QED) is 0.796. The first-order chi connectivity index (χ1) is 11.4. The molecule has 3 aliphatic rings. The molecule has 1 atom stereocenters. The molecule has 4 rings (SSSR count). The number of aryl methyl sites for hydroxylation is 1. The number of carbonyl (C=O) groups is 3. The molecule has 24 heavy (non-hydrogen) atoms. The van der Waals surface area contributed by atoms with Gasteiger partial charge in [0.2, 0.25) is 5.91 Å². The molecule has 8 heteroatoms. The summed E-state index contributed by atoms with van der Waals surface area (Å²) in [6.45, 7) is 3.18. The molecule has 1 saturated heterocycles. The van der Waals surface area contributed by atoms with Gasteiger partial charge in [0.15, 0.2) is 5.76 Å². The molecular formula is C16H20N4O4. The SMILES string of the molecule is Cc1noc(C2CC2)c1NC(=O)CN1C(=O)NC(C)(C2CC2)C1=O. The normalized spacial score (nSPS) is 26.7.